The fraction of sp³-hybridized carbons (Fsp3) is 0.923. The standard InChI is InChI=1S/C13H23N3O/c1-10-8-14-9-12(10)13(17)16-6-4-15(5-7-16)11-2-3-11/h10-12,14H,2-9H2,1H3/t10-,12-/m1/s1. The Bertz CT molecular complexity index is 295. The number of carbonyl (C=O) groups excluding carboxylic acids is 1. The van der Waals surface area contributed by atoms with Crippen molar-refractivity contribution in [1.29, 1.82) is 0 Å². The molecule has 3 rings (SSSR count). The SMILES string of the molecule is C[C@@H]1CNC[C@H]1C(=O)N1CCN(C2CC2)CC1. The van der Waals surface area contributed by atoms with E-state index in [1.165, 1.54) is 12.8 Å². The van der Waals surface area contributed by atoms with Crippen LogP contribution in [-0.4, -0.2) is 61.0 Å². The van der Waals surface area contributed by atoms with Crippen molar-refractivity contribution in [2.24, 2.45) is 11.8 Å². The molecule has 0 aromatic rings. The summed E-state index contributed by atoms with van der Waals surface area (Å²) in [6, 6.07) is 0.847. The predicted octanol–water partition coefficient (Wildman–Crippen LogP) is 0.149. The Morgan fingerprint density at radius 2 is 1.82 bits per heavy atom. The molecule has 0 spiro atoms. The lowest BCUT2D eigenvalue weighted by Gasteiger charge is -2.36. The topological polar surface area (TPSA) is 35.6 Å². The van der Waals surface area contributed by atoms with Crippen LogP contribution in [0, 0.1) is 11.8 Å². The molecule has 3 fully saturated rings. The summed E-state index contributed by atoms with van der Waals surface area (Å²) >= 11 is 0. The van der Waals surface area contributed by atoms with Crippen LogP contribution in [0.3, 0.4) is 0 Å². The molecule has 1 amide bonds. The summed E-state index contributed by atoms with van der Waals surface area (Å²) < 4.78 is 0. The third-order valence-corrected chi connectivity index (χ3v) is 4.52. The summed E-state index contributed by atoms with van der Waals surface area (Å²) in [5.41, 5.74) is 0. The van der Waals surface area contributed by atoms with Gasteiger partial charge in [0.05, 0.1) is 5.92 Å². The van der Waals surface area contributed by atoms with Crippen LogP contribution in [0.5, 0.6) is 0 Å². The third kappa shape index (κ3) is 2.33. The summed E-state index contributed by atoms with van der Waals surface area (Å²) in [6.07, 6.45) is 2.75. The molecule has 0 bridgehead atoms. The van der Waals surface area contributed by atoms with Crippen LogP contribution in [0.1, 0.15) is 19.8 Å². The van der Waals surface area contributed by atoms with E-state index in [0.717, 1.165) is 45.3 Å². The average Bonchev–Trinajstić information content (AvgIpc) is 3.12. The third-order valence-electron chi connectivity index (χ3n) is 4.52. The van der Waals surface area contributed by atoms with Gasteiger partial charge in [-0.1, -0.05) is 6.92 Å². The van der Waals surface area contributed by atoms with Crippen LogP contribution >= 0.6 is 0 Å². The van der Waals surface area contributed by atoms with Gasteiger partial charge in [0.25, 0.3) is 0 Å². The van der Waals surface area contributed by atoms with E-state index in [0.29, 0.717) is 11.8 Å². The number of hydrogen-bond donors (Lipinski definition) is 1. The zero-order chi connectivity index (χ0) is 11.8. The minimum atomic E-state index is 0.225. The maximum atomic E-state index is 12.4. The van der Waals surface area contributed by atoms with E-state index in [1.54, 1.807) is 0 Å². The lowest BCUT2D eigenvalue weighted by molar-refractivity contribution is -0.137. The van der Waals surface area contributed by atoms with Crippen molar-refractivity contribution in [3.05, 3.63) is 0 Å². The van der Waals surface area contributed by atoms with Crippen molar-refractivity contribution in [3.8, 4) is 0 Å². The molecule has 0 unspecified atom stereocenters. The van der Waals surface area contributed by atoms with E-state index in [-0.39, 0.29) is 5.92 Å². The summed E-state index contributed by atoms with van der Waals surface area (Å²) in [5, 5.41) is 3.32. The van der Waals surface area contributed by atoms with Crippen molar-refractivity contribution in [3.63, 3.8) is 0 Å². The minimum Gasteiger partial charge on any atom is -0.340 e. The highest BCUT2D eigenvalue weighted by Crippen LogP contribution is 2.28. The fourth-order valence-corrected chi connectivity index (χ4v) is 3.12. The van der Waals surface area contributed by atoms with E-state index in [1.807, 2.05) is 0 Å². The van der Waals surface area contributed by atoms with Crippen LogP contribution in [-0.2, 0) is 4.79 Å². The number of nitrogens with one attached hydrogen (secondary N) is 1. The van der Waals surface area contributed by atoms with Gasteiger partial charge in [-0.25, -0.2) is 0 Å². The van der Waals surface area contributed by atoms with Crippen molar-refractivity contribution in [1.82, 2.24) is 15.1 Å². The normalized spacial score (nSPS) is 35.2. The molecule has 4 nitrogen and oxygen atoms in total. The summed E-state index contributed by atoms with van der Waals surface area (Å²) in [7, 11) is 0. The molecule has 1 saturated carbocycles. The zero-order valence-electron chi connectivity index (χ0n) is 10.7. The van der Waals surface area contributed by atoms with E-state index < -0.39 is 0 Å². The van der Waals surface area contributed by atoms with Gasteiger partial charge < -0.3 is 10.2 Å². The molecule has 4 heteroatoms. The van der Waals surface area contributed by atoms with Crippen LogP contribution in [0.4, 0.5) is 0 Å². The van der Waals surface area contributed by atoms with E-state index in [9.17, 15) is 4.79 Å². The molecule has 96 valence electrons. The largest absolute Gasteiger partial charge is 0.340 e. The van der Waals surface area contributed by atoms with E-state index in [4.69, 9.17) is 0 Å². The number of nitrogens with zero attached hydrogens (tertiary/aromatic N) is 2. The maximum Gasteiger partial charge on any atom is 0.227 e. The molecule has 2 saturated heterocycles. The smallest absolute Gasteiger partial charge is 0.227 e. The van der Waals surface area contributed by atoms with Gasteiger partial charge in [-0.2, -0.15) is 0 Å². The number of hydrogen-bond acceptors (Lipinski definition) is 3. The van der Waals surface area contributed by atoms with Crippen LogP contribution in [0.15, 0.2) is 0 Å². The van der Waals surface area contributed by atoms with Crippen molar-refractivity contribution < 1.29 is 4.79 Å². The van der Waals surface area contributed by atoms with Gasteiger partial charge in [-0.3, -0.25) is 9.69 Å². The van der Waals surface area contributed by atoms with E-state index >= 15 is 0 Å². The first-order chi connectivity index (χ1) is 8.25. The summed E-state index contributed by atoms with van der Waals surface area (Å²) in [6.45, 7) is 8.12. The van der Waals surface area contributed by atoms with Crippen LogP contribution < -0.4 is 5.32 Å². The second kappa shape index (κ2) is 4.58. The predicted molar refractivity (Wildman–Crippen MR) is 66.7 cm³/mol. The highest BCUT2D eigenvalue weighted by atomic mass is 16.2. The number of carbonyl (C=O) groups is 1. The van der Waals surface area contributed by atoms with Crippen molar-refractivity contribution >= 4 is 5.91 Å². The summed E-state index contributed by atoms with van der Waals surface area (Å²) in [5.74, 6) is 1.12. The summed E-state index contributed by atoms with van der Waals surface area (Å²) in [4.78, 5) is 17.0. The number of amides is 1. The lowest BCUT2D eigenvalue weighted by atomic mass is 9.96. The number of piperazine rings is 1. The Morgan fingerprint density at radius 1 is 1.12 bits per heavy atom. The zero-order valence-corrected chi connectivity index (χ0v) is 10.7. The first-order valence-corrected chi connectivity index (χ1v) is 6.99. The monoisotopic (exact) mass is 237 g/mol. The molecule has 3 aliphatic rings. The second-order valence-corrected chi connectivity index (χ2v) is 5.83. The second-order valence-electron chi connectivity index (χ2n) is 5.83. The Kier molecular flexibility index (Phi) is 3.09. The van der Waals surface area contributed by atoms with E-state index in [2.05, 4.69) is 22.0 Å². The Morgan fingerprint density at radius 3 is 2.35 bits per heavy atom. The molecule has 17 heavy (non-hydrogen) atoms. The van der Waals surface area contributed by atoms with Crippen molar-refractivity contribution in [2.75, 3.05) is 39.3 Å². The highest BCUT2D eigenvalue weighted by molar-refractivity contribution is 5.79. The van der Waals surface area contributed by atoms with Gasteiger partial charge in [-0.05, 0) is 25.3 Å². The molecule has 0 radical (unpaired) electrons. The molecule has 2 atom stereocenters. The molecule has 0 aromatic heterocycles. The molecule has 0 aromatic carbocycles. The Balaban J connectivity index is 1.53. The maximum absolute atomic E-state index is 12.4. The first-order valence-electron chi connectivity index (χ1n) is 6.99. The van der Waals surface area contributed by atoms with Gasteiger partial charge >= 0.3 is 0 Å². The fourth-order valence-electron chi connectivity index (χ4n) is 3.12. The highest BCUT2D eigenvalue weighted by Gasteiger charge is 2.36. The average molecular weight is 237 g/mol. The Hall–Kier alpha value is -0.610. The Labute approximate surface area is 103 Å². The molecule has 1 aliphatic carbocycles. The molecule has 2 aliphatic heterocycles. The van der Waals surface area contributed by atoms with Gasteiger partial charge in [0.1, 0.15) is 0 Å². The van der Waals surface area contributed by atoms with Gasteiger partial charge in [0.2, 0.25) is 5.91 Å². The molecule has 1 N–H and O–H groups in total. The van der Waals surface area contributed by atoms with Crippen LogP contribution in [0.2, 0.25) is 0 Å². The van der Waals surface area contributed by atoms with Crippen molar-refractivity contribution in [2.45, 2.75) is 25.8 Å². The molecule has 2 heterocycles. The molecular weight excluding hydrogens is 214 g/mol. The lowest BCUT2D eigenvalue weighted by Crippen LogP contribution is -2.51. The molecular formula is C13H23N3O. The van der Waals surface area contributed by atoms with Gasteiger partial charge in [0, 0.05) is 38.8 Å². The van der Waals surface area contributed by atoms with Crippen LogP contribution in [0.25, 0.3) is 0 Å². The first kappa shape index (κ1) is 11.5. The minimum absolute atomic E-state index is 0.225. The van der Waals surface area contributed by atoms with Gasteiger partial charge in [0.15, 0.2) is 0 Å². The quantitative estimate of drug-likeness (QED) is 0.742. The van der Waals surface area contributed by atoms with Gasteiger partial charge in [-0.15, -0.1) is 0 Å². The number of rotatable bonds is 2.